The maximum absolute atomic E-state index is 10.7. The smallest absolute Gasteiger partial charge is 0.136 e. The van der Waals surface area contributed by atoms with Gasteiger partial charge in [-0.2, -0.15) is 12.6 Å². The quantitative estimate of drug-likeness (QED) is 0.576. The molecule has 8 heavy (non-hydrogen) atoms. The predicted octanol–water partition coefficient (Wildman–Crippen LogP) is 1.53. The van der Waals surface area contributed by atoms with Crippen molar-refractivity contribution in [1.82, 2.24) is 0 Å². The molecule has 0 bridgehead atoms. The lowest BCUT2D eigenvalue weighted by molar-refractivity contribution is -0.121. The average molecular weight is 132 g/mol. The first-order chi connectivity index (χ1) is 3.68. The van der Waals surface area contributed by atoms with Crippen LogP contribution in [0.2, 0.25) is 0 Å². The molecule has 0 fully saturated rings. The summed E-state index contributed by atoms with van der Waals surface area (Å²) in [5.74, 6) is 1.17. The third-order valence-electron chi connectivity index (χ3n) is 1.00. The topological polar surface area (TPSA) is 17.1 Å². The molecule has 0 spiro atoms. The minimum Gasteiger partial charge on any atom is -0.299 e. The first kappa shape index (κ1) is 8.02. The van der Waals surface area contributed by atoms with E-state index in [-0.39, 0.29) is 5.92 Å². The number of carbonyl (C=O) groups is 1. The molecule has 1 nitrogen and oxygen atoms in total. The van der Waals surface area contributed by atoms with Crippen molar-refractivity contribution in [2.45, 2.75) is 20.3 Å². The first-order valence-corrected chi connectivity index (χ1v) is 3.45. The van der Waals surface area contributed by atoms with Gasteiger partial charge in [0.15, 0.2) is 0 Å². The molecule has 0 aliphatic carbocycles. The second kappa shape index (κ2) is 3.96. The SMILES string of the molecule is CC(C)C(=O)CCS. The van der Waals surface area contributed by atoms with Crippen LogP contribution < -0.4 is 0 Å². The maximum Gasteiger partial charge on any atom is 0.136 e. The number of rotatable bonds is 3. The Bertz CT molecular complexity index is 78.6. The van der Waals surface area contributed by atoms with Crippen LogP contribution in [-0.4, -0.2) is 11.5 Å². The van der Waals surface area contributed by atoms with Crippen molar-refractivity contribution in [1.29, 1.82) is 0 Å². The molecule has 0 aromatic carbocycles. The van der Waals surface area contributed by atoms with Gasteiger partial charge in [-0.05, 0) is 5.75 Å². The number of hydrogen-bond acceptors (Lipinski definition) is 2. The van der Waals surface area contributed by atoms with Gasteiger partial charge in [0.05, 0.1) is 0 Å². The van der Waals surface area contributed by atoms with Gasteiger partial charge in [-0.3, -0.25) is 4.79 Å². The molecule has 48 valence electrons. The summed E-state index contributed by atoms with van der Waals surface area (Å²) in [5.41, 5.74) is 0. The molecule has 0 N–H and O–H groups in total. The van der Waals surface area contributed by atoms with Crippen molar-refractivity contribution < 1.29 is 4.79 Å². The van der Waals surface area contributed by atoms with E-state index in [0.717, 1.165) is 0 Å². The van der Waals surface area contributed by atoms with Crippen molar-refractivity contribution in [3.63, 3.8) is 0 Å². The van der Waals surface area contributed by atoms with Crippen LogP contribution in [0.1, 0.15) is 20.3 Å². The lowest BCUT2D eigenvalue weighted by atomic mass is 10.1. The van der Waals surface area contributed by atoms with Crippen molar-refractivity contribution in [3.8, 4) is 0 Å². The molecule has 0 atom stereocenters. The Balaban J connectivity index is 3.33. The zero-order valence-electron chi connectivity index (χ0n) is 5.35. The molecular formula is C6H12OS. The molecule has 0 heterocycles. The number of Topliss-reactive ketones (excluding diaryl/α,β-unsaturated/α-hetero) is 1. The van der Waals surface area contributed by atoms with E-state index in [1.807, 2.05) is 13.8 Å². The summed E-state index contributed by atoms with van der Waals surface area (Å²) in [6.45, 7) is 3.82. The molecule has 0 radical (unpaired) electrons. The Kier molecular flexibility index (Phi) is 3.97. The van der Waals surface area contributed by atoms with Crippen LogP contribution in [0, 0.1) is 5.92 Å². The highest BCUT2D eigenvalue weighted by Crippen LogP contribution is 1.98. The molecule has 2 heteroatoms. The zero-order chi connectivity index (χ0) is 6.57. The van der Waals surface area contributed by atoms with Crippen LogP contribution >= 0.6 is 12.6 Å². The van der Waals surface area contributed by atoms with Crippen molar-refractivity contribution in [3.05, 3.63) is 0 Å². The van der Waals surface area contributed by atoms with Gasteiger partial charge in [-0.15, -0.1) is 0 Å². The van der Waals surface area contributed by atoms with Crippen LogP contribution in [0.5, 0.6) is 0 Å². The fourth-order valence-corrected chi connectivity index (χ4v) is 0.619. The van der Waals surface area contributed by atoms with E-state index in [1.54, 1.807) is 0 Å². The summed E-state index contributed by atoms with van der Waals surface area (Å²) in [6.07, 6.45) is 0.612. The number of ketones is 1. The predicted molar refractivity (Wildman–Crippen MR) is 38.3 cm³/mol. The third-order valence-corrected chi connectivity index (χ3v) is 1.23. The van der Waals surface area contributed by atoms with E-state index >= 15 is 0 Å². The third kappa shape index (κ3) is 3.08. The summed E-state index contributed by atoms with van der Waals surface area (Å²) < 4.78 is 0. The standard InChI is InChI=1S/C6H12OS/c1-5(2)6(7)3-4-8/h5,8H,3-4H2,1-2H3. The zero-order valence-corrected chi connectivity index (χ0v) is 6.24. The summed E-state index contributed by atoms with van der Waals surface area (Å²) in [4.78, 5) is 10.7. The van der Waals surface area contributed by atoms with Gasteiger partial charge in [0.1, 0.15) is 5.78 Å². The maximum atomic E-state index is 10.7. The van der Waals surface area contributed by atoms with Crippen molar-refractivity contribution in [2.24, 2.45) is 5.92 Å². The Labute approximate surface area is 55.9 Å². The Morgan fingerprint density at radius 1 is 1.62 bits per heavy atom. The van der Waals surface area contributed by atoms with Gasteiger partial charge in [0.25, 0.3) is 0 Å². The summed E-state index contributed by atoms with van der Waals surface area (Å²) >= 11 is 3.93. The van der Waals surface area contributed by atoms with E-state index in [2.05, 4.69) is 12.6 Å². The Morgan fingerprint density at radius 3 is 2.25 bits per heavy atom. The molecule has 0 unspecified atom stereocenters. The second-order valence-electron chi connectivity index (χ2n) is 2.09. The highest BCUT2D eigenvalue weighted by atomic mass is 32.1. The van der Waals surface area contributed by atoms with E-state index in [0.29, 0.717) is 18.0 Å². The van der Waals surface area contributed by atoms with Gasteiger partial charge >= 0.3 is 0 Å². The van der Waals surface area contributed by atoms with Crippen LogP contribution in [-0.2, 0) is 4.79 Å². The molecule has 0 aliphatic rings. The molecule has 0 aliphatic heterocycles. The number of carbonyl (C=O) groups excluding carboxylic acids is 1. The normalized spacial score (nSPS) is 10.0. The van der Waals surface area contributed by atoms with Gasteiger partial charge in [0.2, 0.25) is 0 Å². The Morgan fingerprint density at radius 2 is 2.12 bits per heavy atom. The molecular weight excluding hydrogens is 120 g/mol. The highest BCUT2D eigenvalue weighted by molar-refractivity contribution is 7.80. The van der Waals surface area contributed by atoms with E-state index in [1.165, 1.54) is 0 Å². The lowest BCUT2D eigenvalue weighted by Gasteiger charge is -1.98. The van der Waals surface area contributed by atoms with E-state index < -0.39 is 0 Å². The number of hydrogen-bond donors (Lipinski definition) is 1. The Hall–Kier alpha value is 0.0200. The van der Waals surface area contributed by atoms with Gasteiger partial charge < -0.3 is 0 Å². The fraction of sp³-hybridized carbons (Fsp3) is 0.833. The fourth-order valence-electron chi connectivity index (χ4n) is 0.399. The van der Waals surface area contributed by atoms with Gasteiger partial charge in [0, 0.05) is 12.3 Å². The van der Waals surface area contributed by atoms with Crippen LogP contribution in [0.3, 0.4) is 0 Å². The summed E-state index contributed by atoms with van der Waals surface area (Å²) in [7, 11) is 0. The largest absolute Gasteiger partial charge is 0.299 e. The van der Waals surface area contributed by atoms with Gasteiger partial charge in [-0.1, -0.05) is 13.8 Å². The molecule has 0 aromatic heterocycles. The molecule has 0 saturated carbocycles. The lowest BCUT2D eigenvalue weighted by Crippen LogP contribution is -2.06. The summed E-state index contributed by atoms with van der Waals surface area (Å²) in [5, 5.41) is 0. The van der Waals surface area contributed by atoms with E-state index in [9.17, 15) is 4.79 Å². The van der Waals surface area contributed by atoms with Crippen molar-refractivity contribution in [2.75, 3.05) is 5.75 Å². The average Bonchev–Trinajstić information content (AvgIpc) is 1.67. The first-order valence-electron chi connectivity index (χ1n) is 2.82. The molecule has 0 rings (SSSR count). The van der Waals surface area contributed by atoms with Crippen LogP contribution in [0.25, 0.3) is 0 Å². The second-order valence-corrected chi connectivity index (χ2v) is 2.54. The van der Waals surface area contributed by atoms with Crippen LogP contribution in [0.15, 0.2) is 0 Å². The highest BCUT2D eigenvalue weighted by Gasteiger charge is 2.03. The monoisotopic (exact) mass is 132 g/mol. The van der Waals surface area contributed by atoms with Crippen LogP contribution in [0.4, 0.5) is 0 Å². The minimum atomic E-state index is 0.183. The minimum absolute atomic E-state index is 0.183. The van der Waals surface area contributed by atoms with Crippen molar-refractivity contribution >= 4 is 18.4 Å². The molecule has 0 saturated heterocycles. The number of thiol groups is 1. The van der Waals surface area contributed by atoms with Gasteiger partial charge in [-0.25, -0.2) is 0 Å². The molecule has 0 amide bonds. The molecule has 0 aromatic rings. The van der Waals surface area contributed by atoms with E-state index in [4.69, 9.17) is 0 Å². The summed E-state index contributed by atoms with van der Waals surface area (Å²) in [6, 6.07) is 0.